The van der Waals surface area contributed by atoms with Crippen molar-refractivity contribution < 1.29 is 18.8 Å². The fourth-order valence-electron chi connectivity index (χ4n) is 4.50. The van der Waals surface area contributed by atoms with Gasteiger partial charge in [0.15, 0.2) is 0 Å². The van der Waals surface area contributed by atoms with Crippen molar-refractivity contribution in [1.29, 1.82) is 0 Å². The quantitative estimate of drug-likeness (QED) is 0.740. The van der Waals surface area contributed by atoms with Crippen molar-refractivity contribution in [3.05, 3.63) is 41.7 Å². The second-order valence-corrected chi connectivity index (χ2v) is 8.29. The summed E-state index contributed by atoms with van der Waals surface area (Å²) in [5, 5.41) is 4.14. The van der Waals surface area contributed by atoms with Gasteiger partial charge in [0.1, 0.15) is 23.6 Å². The van der Waals surface area contributed by atoms with Gasteiger partial charge >= 0.3 is 6.09 Å². The van der Waals surface area contributed by atoms with E-state index in [9.17, 15) is 9.59 Å². The molecule has 2 atom stereocenters. The number of likely N-dealkylation sites (tertiary alicyclic amines) is 1. The Bertz CT molecular complexity index is 902. The number of aryl methyl sites for hydroxylation is 1. The van der Waals surface area contributed by atoms with E-state index in [4.69, 9.17) is 9.26 Å². The summed E-state index contributed by atoms with van der Waals surface area (Å²) in [4.78, 5) is 29.4. The molecule has 0 aliphatic carbocycles. The van der Waals surface area contributed by atoms with Crippen LogP contribution in [0.25, 0.3) is 11.3 Å². The molecular weight excluding hydrogens is 382 g/mol. The molecule has 0 radical (unpaired) electrons. The number of hydrogen-bond acceptors (Lipinski definition) is 5. The van der Waals surface area contributed by atoms with Crippen molar-refractivity contribution in [2.24, 2.45) is 5.92 Å². The number of benzene rings is 1. The third-order valence-electron chi connectivity index (χ3n) is 6.52. The zero-order valence-corrected chi connectivity index (χ0v) is 17.8. The van der Waals surface area contributed by atoms with Crippen LogP contribution in [-0.4, -0.2) is 58.7 Å². The van der Waals surface area contributed by atoms with Crippen LogP contribution in [0.1, 0.15) is 49.2 Å². The Kier molecular flexibility index (Phi) is 5.79. The molecule has 2 saturated heterocycles. The van der Waals surface area contributed by atoms with Crippen LogP contribution in [0.5, 0.6) is 0 Å². The summed E-state index contributed by atoms with van der Waals surface area (Å²) in [6.07, 6.45) is 2.29. The molecule has 7 nitrogen and oxygen atoms in total. The van der Waals surface area contributed by atoms with Gasteiger partial charge in [-0.2, -0.15) is 0 Å². The van der Waals surface area contributed by atoms with Gasteiger partial charge in [-0.15, -0.1) is 0 Å². The Hall–Kier alpha value is -2.83. The lowest BCUT2D eigenvalue weighted by atomic mass is 9.94. The molecule has 30 heavy (non-hydrogen) atoms. The van der Waals surface area contributed by atoms with Gasteiger partial charge in [0.05, 0.1) is 6.04 Å². The standard InChI is InChI=1S/C23H29N3O4/c1-4-15(2)19-14-29-23(28)26(19)18-10-12-25(13-11-18)22(27)20-16(3)30-24-21(20)17-8-6-5-7-9-17/h5-9,15,18-19H,4,10-14H2,1-3H3. The monoisotopic (exact) mass is 411 g/mol. The van der Waals surface area contributed by atoms with Gasteiger partial charge in [-0.3, -0.25) is 9.69 Å². The van der Waals surface area contributed by atoms with Crippen molar-refractivity contribution in [2.75, 3.05) is 19.7 Å². The van der Waals surface area contributed by atoms with Crippen LogP contribution < -0.4 is 0 Å². The zero-order valence-electron chi connectivity index (χ0n) is 17.8. The average Bonchev–Trinajstić information content (AvgIpc) is 3.36. The summed E-state index contributed by atoms with van der Waals surface area (Å²) in [6.45, 7) is 7.74. The lowest BCUT2D eigenvalue weighted by Crippen LogP contribution is -2.51. The van der Waals surface area contributed by atoms with E-state index in [1.807, 2.05) is 40.1 Å². The first-order valence-corrected chi connectivity index (χ1v) is 10.8. The Morgan fingerprint density at radius 2 is 1.93 bits per heavy atom. The van der Waals surface area contributed by atoms with Crippen molar-refractivity contribution >= 4 is 12.0 Å². The average molecular weight is 412 g/mol. The number of carbonyl (C=O) groups is 2. The van der Waals surface area contributed by atoms with Gasteiger partial charge in [0, 0.05) is 24.7 Å². The molecule has 0 N–H and O–H groups in total. The minimum absolute atomic E-state index is 0.0615. The molecule has 4 rings (SSSR count). The number of ether oxygens (including phenoxy) is 1. The highest BCUT2D eigenvalue weighted by atomic mass is 16.6. The second kappa shape index (κ2) is 8.50. The summed E-state index contributed by atoms with van der Waals surface area (Å²) in [5.74, 6) is 0.860. The zero-order chi connectivity index (χ0) is 21.3. The topological polar surface area (TPSA) is 75.9 Å². The Balaban J connectivity index is 1.47. The summed E-state index contributed by atoms with van der Waals surface area (Å²) in [5.41, 5.74) is 1.97. The van der Waals surface area contributed by atoms with Crippen LogP contribution in [0.3, 0.4) is 0 Å². The molecule has 1 aromatic heterocycles. The van der Waals surface area contributed by atoms with Gasteiger partial charge in [0.2, 0.25) is 0 Å². The lowest BCUT2D eigenvalue weighted by molar-refractivity contribution is 0.0614. The highest BCUT2D eigenvalue weighted by molar-refractivity contribution is 6.00. The Morgan fingerprint density at radius 3 is 2.60 bits per heavy atom. The molecule has 0 spiro atoms. The maximum absolute atomic E-state index is 13.3. The van der Waals surface area contributed by atoms with Crippen LogP contribution in [0.4, 0.5) is 4.79 Å². The van der Waals surface area contributed by atoms with Gasteiger partial charge in [-0.25, -0.2) is 4.79 Å². The second-order valence-electron chi connectivity index (χ2n) is 8.29. The number of cyclic esters (lactones) is 1. The van der Waals surface area contributed by atoms with Crippen molar-refractivity contribution in [3.63, 3.8) is 0 Å². The van der Waals surface area contributed by atoms with Crippen LogP contribution in [-0.2, 0) is 4.74 Å². The molecule has 1 aromatic carbocycles. The maximum Gasteiger partial charge on any atom is 0.410 e. The predicted molar refractivity (Wildman–Crippen MR) is 112 cm³/mol. The summed E-state index contributed by atoms with van der Waals surface area (Å²) in [7, 11) is 0. The maximum atomic E-state index is 13.3. The van der Waals surface area contributed by atoms with Crippen molar-refractivity contribution in [1.82, 2.24) is 15.0 Å². The first-order valence-electron chi connectivity index (χ1n) is 10.8. The first kappa shape index (κ1) is 20.4. The molecule has 160 valence electrons. The fraction of sp³-hybridized carbons (Fsp3) is 0.522. The smallest absolute Gasteiger partial charge is 0.410 e. The summed E-state index contributed by atoms with van der Waals surface area (Å²) in [6, 6.07) is 9.85. The van der Waals surface area contributed by atoms with E-state index in [-0.39, 0.29) is 24.1 Å². The SMILES string of the molecule is CCC(C)C1COC(=O)N1C1CCN(C(=O)c2c(-c3ccccc3)noc2C)CC1. The first-order chi connectivity index (χ1) is 14.5. The minimum Gasteiger partial charge on any atom is -0.447 e. The number of aromatic nitrogens is 1. The largest absolute Gasteiger partial charge is 0.447 e. The number of carbonyl (C=O) groups excluding carboxylic acids is 2. The van der Waals surface area contributed by atoms with Gasteiger partial charge in [-0.1, -0.05) is 55.8 Å². The van der Waals surface area contributed by atoms with Crippen LogP contribution in [0, 0.1) is 12.8 Å². The number of rotatable bonds is 5. The predicted octanol–water partition coefficient (Wildman–Crippen LogP) is 4.12. The molecule has 2 aromatic rings. The van der Waals surface area contributed by atoms with Gasteiger partial charge in [-0.05, 0) is 25.7 Å². The summed E-state index contributed by atoms with van der Waals surface area (Å²) < 4.78 is 10.7. The Morgan fingerprint density at radius 1 is 1.23 bits per heavy atom. The van der Waals surface area contributed by atoms with Crippen LogP contribution >= 0.6 is 0 Å². The molecule has 2 fully saturated rings. The van der Waals surface area contributed by atoms with Gasteiger partial charge < -0.3 is 14.2 Å². The lowest BCUT2D eigenvalue weighted by Gasteiger charge is -2.39. The molecule has 7 heteroatoms. The van der Waals surface area contributed by atoms with Gasteiger partial charge in [0.25, 0.3) is 5.91 Å². The molecule has 0 bridgehead atoms. The van der Waals surface area contributed by atoms with Crippen molar-refractivity contribution in [2.45, 2.75) is 52.1 Å². The molecule has 2 aliphatic rings. The fourth-order valence-corrected chi connectivity index (χ4v) is 4.50. The van der Waals surface area contributed by atoms with E-state index in [1.54, 1.807) is 6.92 Å². The molecule has 2 aliphatic heterocycles. The Labute approximate surface area is 177 Å². The van der Waals surface area contributed by atoms with Crippen molar-refractivity contribution in [3.8, 4) is 11.3 Å². The third kappa shape index (κ3) is 3.68. The molecular formula is C23H29N3O4. The molecule has 3 heterocycles. The van der Waals surface area contributed by atoms with E-state index in [0.717, 1.165) is 24.8 Å². The number of hydrogen-bond donors (Lipinski definition) is 0. The molecule has 0 saturated carbocycles. The van der Waals surface area contributed by atoms with E-state index in [1.165, 1.54) is 0 Å². The van der Waals surface area contributed by atoms with E-state index >= 15 is 0 Å². The highest BCUT2D eigenvalue weighted by Gasteiger charge is 2.42. The van der Waals surface area contributed by atoms with Crippen LogP contribution in [0.2, 0.25) is 0 Å². The normalized spacial score (nSPS) is 21.0. The highest BCUT2D eigenvalue weighted by Crippen LogP contribution is 2.31. The number of nitrogens with zero attached hydrogens (tertiary/aromatic N) is 3. The van der Waals surface area contributed by atoms with E-state index in [0.29, 0.717) is 42.6 Å². The number of amides is 2. The minimum atomic E-state index is -0.216. The van der Waals surface area contributed by atoms with Crippen LogP contribution in [0.15, 0.2) is 34.9 Å². The van der Waals surface area contributed by atoms with E-state index in [2.05, 4.69) is 19.0 Å². The van der Waals surface area contributed by atoms with E-state index < -0.39 is 0 Å². The third-order valence-corrected chi connectivity index (χ3v) is 6.52. The molecule has 2 amide bonds. The summed E-state index contributed by atoms with van der Waals surface area (Å²) >= 11 is 0. The number of piperidine rings is 1. The molecule has 2 unspecified atom stereocenters.